The van der Waals surface area contributed by atoms with E-state index in [0.29, 0.717) is 5.25 Å². The molecule has 2 atom stereocenters. The van der Waals surface area contributed by atoms with Crippen molar-refractivity contribution in [2.75, 3.05) is 12.3 Å². The Balaban J connectivity index is 2.23. The van der Waals surface area contributed by atoms with E-state index >= 15 is 0 Å². The van der Waals surface area contributed by atoms with Gasteiger partial charge in [-0.3, -0.25) is 4.79 Å². The number of ether oxygens (including phenoxy) is 1. The summed E-state index contributed by atoms with van der Waals surface area (Å²) in [6.45, 7) is 8.46. The standard InChI is InChI=1S/C12H23NO2S/c1-9(11(14)15-12(2,3)4)13-8-10-6-5-7-16-10/h9-10,13H,5-8H2,1-4H3. The maximum Gasteiger partial charge on any atom is 0.323 e. The number of nitrogens with one attached hydrogen (secondary N) is 1. The van der Waals surface area contributed by atoms with Crippen LogP contribution < -0.4 is 5.32 Å². The zero-order valence-electron chi connectivity index (χ0n) is 10.7. The number of carbonyl (C=O) groups excluding carboxylic acids is 1. The second-order valence-electron chi connectivity index (χ2n) is 5.30. The van der Waals surface area contributed by atoms with Crippen LogP contribution in [0, 0.1) is 0 Å². The molecule has 3 nitrogen and oxygen atoms in total. The van der Waals surface area contributed by atoms with Gasteiger partial charge in [0.2, 0.25) is 0 Å². The molecular formula is C12H23NO2S. The van der Waals surface area contributed by atoms with Crippen LogP contribution in [0.2, 0.25) is 0 Å². The van der Waals surface area contributed by atoms with Gasteiger partial charge in [-0.15, -0.1) is 0 Å². The van der Waals surface area contributed by atoms with Gasteiger partial charge in [0.25, 0.3) is 0 Å². The van der Waals surface area contributed by atoms with Crippen LogP contribution in [-0.4, -0.2) is 35.2 Å². The summed E-state index contributed by atoms with van der Waals surface area (Å²) in [5.41, 5.74) is -0.394. The summed E-state index contributed by atoms with van der Waals surface area (Å²) < 4.78 is 5.31. The van der Waals surface area contributed by atoms with Gasteiger partial charge in [-0.1, -0.05) is 0 Å². The first-order valence-electron chi connectivity index (χ1n) is 5.96. The van der Waals surface area contributed by atoms with Gasteiger partial charge < -0.3 is 10.1 Å². The van der Waals surface area contributed by atoms with E-state index in [-0.39, 0.29) is 12.0 Å². The molecule has 2 unspecified atom stereocenters. The Morgan fingerprint density at radius 3 is 2.75 bits per heavy atom. The van der Waals surface area contributed by atoms with E-state index in [0.717, 1.165) is 6.54 Å². The third-order valence-electron chi connectivity index (χ3n) is 2.44. The van der Waals surface area contributed by atoms with E-state index in [1.54, 1.807) is 0 Å². The highest BCUT2D eigenvalue weighted by atomic mass is 32.2. The van der Waals surface area contributed by atoms with E-state index in [1.807, 2.05) is 39.5 Å². The average molecular weight is 245 g/mol. The molecule has 0 saturated carbocycles. The zero-order valence-corrected chi connectivity index (χ0v) is 11.5. The summed E-state index contributed by atoms with van der Waals surface area (Å²) in [6, 6.07) is -0.208. The van der Waals surface area contributed by atoms with Crippen molar-refractivity contribution in [1.82, 2.24) is 5.32 Å². The lowest BCUT2D eigenvalue weighted by Gasteiger charge is -2.23. The highest BCUT2D eigenvalue weighted by Gasteiger charge is 2.23. The Kier molecular flexibility index (Phi) is 5.12. The van der Waals surface area contributed by atoms with Gasteiger partial charge in [-0.05, 0) is 46.3 Å². The lowest BCUT2D eigenvalue weighted by atomic mass is 10.2. The molecule has 4 heteroatoms. The van der Waals surface area contributed by atoms with Crippen LogP contribution in [0.3, 0.4) is 0 Å². The van der Waals surface area contributed by atoms with Crippen molar-refractivity contribution in [3.63, 3.8) is 0 Å². The average Bonchev–Trinajstić information content (AvgIpc) is 2.63. The molecule has 0 aromatic heterocycles. The first-order chi connectivity index (χ1) is 7.38. The largest absolute Gasteiger partial charge is 0.459 e. The van der Waals surface area contributed by atoms with E-state index in [2.05, 4.69) is 5.32 Å². The Labute approximate surface area is 103 Å². The molecule has 1 aliphatic rings. The van der Waals surface area contributed by atoms with Crippen molar-refractivity contribution in [1.29, 1.82) is 0 Å². The highest BCUT2D eigenvalue weighted by molar-refractivity contribution is 8.00. The van der Waals surface area contributed by atoms with Crippen LogP contribution in [0.1, 0.15) is 40.5 Å². The first kappa shape index (κ1) is 13.8. The number of rotatable bonds is 4. The Hall–Kier alpha value is -0.220. The van der Waals surface area contributed by atoms with E-state index in [4.69, 9.17) is 4.74 Å². The van der Waals surface area contributed by atoms with Crippen LogP contribution in [0.15, 0.2) is 0 Å². The van der Waals surface area contributed by atoms with Crippen molar-refractivity contribution in [3.05, 3.63) is 0 Å². The number of hydrogen-bond donors (Lipinski definition) is 1. The molecule has 0 spiro atoms. The molecular weight excluding hydrogens is 222 g/mol. The van der Waals surface area contributed by atoms with E-state index in [1.165, 1.54) is 18.6 Å². The van der Waals surface area contributed by atoms with Crippen molar-refractivity contribution < 1.29 is 9.53 Å². The summed E-state index contributed by atoms with van der Waals surface area (Å²) in [5.74, 6) is 1.10. The summed E-state index contributed by atoms with van der Waals surface area (Å²) in [7, 11) is 0. The summed E-state index contributed by atoms with van der Waals surface area (Å²) >= 11 is 1.99. The Bertz CT molecular complexity index is 232. The topological polar surface area (TPSA) is 38.3 Å². The summed E-state index contributed by atoms with van der Waals surface area (Å²) in [5, 5.41) is 3.92. The molecule has 0 bridgehead atoms. The van der Waals surface area contributed by atoms with Crippen LogP contribution in [0.4, 0.5) is 0 Å². The summed E-state index contributed by atoms with van der Waals surface area (Å²) in [4.78, 5) is 11.7. The lowest BCUT2D eigenvalue weighted by molar-refractivity contribution is -0.156. The van der Waals surface area contributed by atoms with Crippen LogP contribution >= 0.6 is 11.8 Å². The molecule has 1 fully saturated rings. The molecule has 1 aliphatic heterocycles. The molecule has 16 heavy (non-hydrogen) atoms. The molecule has 1 N–H and O–H groups in total. The van der Waals surface area contributed by atoms with Gasteiger partial charge in [0, 0.05) is 11.8 Å². The van der Waals surface area contributed by atoms with Crippen molar-refractivity contribution in [3.8, 4) is 0 Å². The van der Waals surface area contributed by atoms with Crippen molar-refractivity contribution in [2.24, 2.45) is 0 Å². The quantitative estimate of drug-likeness (QED) is 0.771. The number of thioether (sulfide) groups is 1. The lowest BCUT2D eigenvalue weighted by Crippen LogP contribution is -2.41. The minimum absolute atomic E-state index is 0.157. The zero-order chi connectivity index (χ0) is 12.2. The third kappa shape index (κ3) is 5.21. The van der Waals surface area contributed by atoms with E-state index in [9.17, 15) is 4.79 Å². The van der Waals surface area contributed by atoms with Gasteiger partial charge in [-0.25, -0.2) is 0 Å². The predicted molar refractivity (Wildman–Crippen MR) is 68.8 cm³/mol. The fraction of sp³-hybridized carbons (Fsp3) is 0.917. The third-order valence-corrected chi connectivity index (χ3v) is 3.83. The second kappa shape index (κ2) is 5.92. The van der Waals surface area contributed by atoms with Crippen LogP contribution in [-0.2, 0) is 9.53 Å². The minimum Gasteiger partial charge on any atom is -0.459 e. The molecule has 1 heterocycles. The Morgan fingerprint density at radius 1 is 1.56 bits per heavy atom. The number of esters is 1. The van der Waals surface area contributed by atoms with Crippen LogP contribution in [0.25, 0.3) is 0 Å². The molecule has 0 aromatic carbocycles. The monoisotopic (exact) mass is 245 g/mol. The van der Waals surface area contributed by atoms with Gasteiger partial charge in [0.05, 0.1) is 0 Å². The molecule has 1 rings (SSSR count). The fourth-order valence-electron chi connectivity index (χ4n) is 1.59. The smallest absolute Gasteiger partial charge is 0.323 e. The van der Waals surface area contributed by atoms with E-state index < -0.39 is 5.60 Å². The molecule has 0 aromatic rings. The minimum atomic E-state index is -0.394. The fourth-order valence-corrected chi connectivity index (χ4v) is 2.80. The van der Waals surface area contributed by atoms with Gasteiger partial charge in [0.1, 0.15) is 11.6 Å². The number of hydrogen-bond acceptors (Lipinski definition) is 4. The molecule has 1 saturated heterocycles. The van der Waals surface area contributed by atoms with Gasteiger partial charge in [-0.2, -0.15) is 11.8 Å². The molecule has 0 aliphatic carbocycles. The van der Waals surface area contributed by atoms with Crippen molar-refractivity contribution in [2.45, 2.75) is 57.4 Å². The van der Waals surface area contributed by atoms with Crippen LogP contribution in [0.5, 0.6) is 0 Å². The maximum absolute atomic E-state index is 11.7. The summed E-state index contributed by atoms with van der Waals surface area (Å²) in [6.07, 6.45) is 2.57. The normalized spacial score (nSPS) is 23.1. The maximum atomic E-state index is 11.7. The van der Waals surface area contributed by atoms with Gasteiger partial charge >= 0.3 is 5.97 Å². The highest BCUT2D eigenvalue weighted by Crippen LogP contribution is 2.25. The van der Waals surface area contributed by atoms with Gasteiger partial charge in [0.15, 0.2) is 0 Å². The first-order valence-corrected chi connectivity index (χ1v) is 7.01. The SMILES string of the molecule is CC(NCC1CCCS1)C(=O)OC(C)(C)C. The van der Waals surface area contributed by atoms with Crippen molar-refractivity contribution >= 4 is 17.7 Å². The molecule has 0 radical (unpaired) electrons. The molecule has 0 amide bonds. The second-order valence-corrected chi connectivity index (χ2v) is 6.71. The molecule has 94 valence electrons. The Morgan fingerprint density at radius 2 is 2.25 bits per heavy atom. The predicted octanol–water partition coefficient (Wildman–Crippen LogP) is 2.20. The number of carbonyl (C=O) groups is 1.